The standard InChI is InChI=1S/C26H25ClN2O3S2/c27-23-9-5-4-8-21(23)18-29-24-11-10-22(17-25(24)33-26(29)30)34(31,32)28-14-12-20(13-15-28)16-19-6-2-1-3-7-19/h1-11,17,20H,12-16,18H2. The Morgan fingerprint density at radius 3 is 2.38 bits per heavy atom. The predicted octanol–water partition coefficient (Wildman–Crippen LogP) is 5.41. The molecule has 1 aliphatic heterocycles. The lowest BCUT2D eigenvalue weighted by Crippen LogP contribution is -2.38. The number of hydrogen-bond acceptors (Lipinski definition) is 4. The summed E-state index contributed by atoms with van der Waals surface area (Å²) in [5.41, 5.74) is 2.86. The Labute approximate surface area is 208 Å². The summed E-state index contributed by atoms with van der Waals surface area (Å²) in [6.45, 7) is 1.38. The fourth-order valence-electron chi connectivity index (χ4n) is 4.60. The van der Waals surface area contributed by atoms with Crippen molar-refractivity contribution in [1.29, 1.82) is 0 Å². The van der Waals surface area contributed by atoms with Gasteiger partial charge >= 0.3 is 4.87 Å². The van der Waals surface area contributed by atoms with Gasteiger partial charge in [0.15, 0.2) is 0 Å². The third kappa shape index (κ3) is 4.70. The highest BCUT2D eigenvalue weighted by Gasteiger charge is 2.30. The summed E-state index contributed by atoms with van der Waals surface area (Å²) in [6.07, 6.45) is 2.67. The van der Waals surface area contributed by atoms with Gasteiger partial charge in [-0.15, -0.1) is 0 Å². The van der Waals surface area contributed by atoms with E-state index in [0.717, 1.165) is 41.7 Å². The van der Waals surface area contributed by atoms with Gasteiger partial charge in [0.25, 0.3) is 0 Å². The van der Waals surface area contributed by atoms with E-state index in [4.69, 9.17) is 11.6 Å². The molecule has 1 fully saturated rings. The molecular formula is C26H25ClN2O3S2. The predicted molar refractivity (Wildman–Crippen MR) is 138 cm³/mol. The highest BCUT2D eigenvalue weighted by atomic mass is 35.5. The fraction of sp³-hybridized carbons (Fsp3) is 0.269. The van der Waals surface area contributed by atoms with E-state index in [2.05, 4.69) is 12.1 Å². The number of fused-ring (bicyclic) bond motifs is 1. The van der Waals surface area contributed by atoms with Crippen LogP contribution in [0.4, 0.5) is 0 Å². The second kappa shape index (κ2) is 9.66. The molecular weight excluding hydrogens is 488 g/mol. The number of halogens is 1. The minimum atomic E-state index is -3.61. The van der Waals surface area contributed by atoms with Gasteiger partial charge < -0.3 is 0 Å². The van der Waals surface area contributed by atoms with Crippen molar-refractivity contribution >= 4 is 43.2 Å². The van der Waals surface area contributed by atoms with Crippen LogP contribution < -0.4 is 4.87 Å². The molecule has 3 aromatic carbocycles. The Balaban J connectivity index is 1.34. The lowest BCUT2D eigenvalue weighted by molar-refractivity contribution is 0.273. The first-order valence-corrected chi connectivity index (χ1v) is 14.0. The van der Waals surface area contributed by atoms with Crippen LogP contribution in [0, 0.1) is 5.92 Å². The number of sulfonamides is 1. The van der Waals surface area contributed by atoms with Crippen molar-refractivity contribution in [2.75, 3.05) is 13.1 Å². The molecule has 0 saturated carbocycles. The third-order valence-electron chi connectivity index (χ3n) is 6.50. The van der Waals surface area contributed by atoms with Crippen LogP contribution in [0.1, 0.15) is 24.0 Å². The zero-order chi connectivity index (χ0) is 23.7. The zero-order valence-electron chi connectivity index (χ0n) is 18.6. The van der Waals surface area contributed by atoms with Crippen molar-refractivity contribution in [1.82, 2.24) is 8.87 Å². The Kier molecular flexibility index (Phi) is 6.62. The Bertz CT molecular complexity index is 1470. The van der Waals surface area contributed by atoms with E-state index in [1.54, 1.807) is 33.1 Å². The maximum absolute atomic E-state index is 13.4. The molecule has 0 radical (unpaired) electrons. The molecule has 0 N–H and O–H groups in total. The van der Waals surface area contributed by atoms with Crippen molar-refractivity contribution in [2.45, 2.75) is 30.7 Å². The van der Waals surface area contributed by atoms with Gasteiger partial charge in [-0.2, -0.15) is 4.31 Å². The molecule has 2 heterocycles. The maximum Gasteiger partial charge on any atom is 0.308 e. The first kappa shape index (κ1) is 23.3. The Hall–Kier alpha value is -2.45. The number of thiazole rings is 1. The topological polar surface area (TPSA) is 59.4 Å². The number of rotatable bonds is 6. The second-order valence-electron chi connectivity index (χ2n) is 8.71. The molecule has 0 unspecified atom stereocenters. The van der Waals surface area contributed by atoms with E-state index in [1.807, 2.05) is 36.4 Å². The van der Waals surface area contributed by atoms with Crippen molar-refractivity contribution in [2.24, 2.45) is 5.92 Å². The van der Waals surface area contributed by atoms with Crippen LogP contribution in [0.3, 0.4) is 0 Å². The second-order valence-corrected chi connectivity index (χ2v) is 12.1. The van der Waals surface area contributed by atoms with Crippen molar-refractivity contribution in [3.8, 4) is 0 Å². The van der Waals surface area contributed by atoms with Gasteiger partial charge in [0, 0.05) is 18.1 Å². The van der Waals surface area contributed by atoms with Gasteiger partial charge in [-0.25, -0.2) is 8.42 Å². The summed E-state index contributed by atoms with van der Waals surface area (Å²) in [5, 5.41) is 0.601. The fourth-order valence-corrected chi connectivity index (χ4v) is 7.30. The average Bonchev–Trinajstić information content (AvgIpc) is 3.15. The molecule has 0 amide bonds. The smallest absolute Gasteiger partial charge is 0.294 e. The van der Waals surface area contributed by atoms with Gasteiger partial charge in [-0.1, -0.05) is 71.5 Å². The number of nitrogens with zero attached hydrogens (tertiary/aromatic N) is 2. The molecule has 0 atom stereocenters. The lowest BCUT2D eigenvalue weighted by Gasteiger charge is -2.31. The van der Waals surface area contributed by atoms with Crippen LogP contribution in [0.2, 0.25) is 5.02 Å². The third-order valence-corrected chi connectivity index (χ3v) is 9.71. The summed E-state index contributed by atoms with van der Waals surface area (Å²) in [6, 6.07) is 22.7. The van der Waals surface area contributed by atoms with Crippen LogP contribution in [0.25, 0.3) is 10.2 Å². The Morgan fingerprint density at radius 2 is 1.65 bits per heavy atom. The molecule has 34 heavy (non-hydrogen) atoms. The van der Waals surface area contributed by atoms with E-state index in [1.165, 1.54) is 5.56 Å². The SMILES string of the molecule is O=c1sc2cc(S(=O)(=O)N3CCC(Cc4ccccc4)CC3)ccc2n1Cc1ccccc1Cl. The van der Waals surface area contributed by atoms with Gasteiger partial charge in [-0.3, -0.25) is 9.36 Å². The molecule has 8 heteroatoms. The molecule has 0 spiro atoms. The zero-order valence-corrected chi connectivity index (χ0v) is 21.0. The molecule has 5 nitrogen and oxygen atoms in total. The molecule has 0 bridgehead atoms. The first-order valence-electron chi connectivity index (χ1n) is 11.3. The first-order chi connectivity index (χ1) is 16.4. The number of piperidine rings is 1. The van der Waals surface area contributed by atoms with Gasteiger partial charge in [0.2, 0.25) is 10.0 Å². The van der Waals surface area contributed by atoms with Crippen molar-refractivity contribution in [3.05, 3.63) is 98.6 Å². The molecule has 1 aromatic heterocycles. The van der Waals surface area contributed by atoms with E-state index < -0.39 is 10.0 Å². The lowest BCUT2D eigenvalue weighted by atomic mass is 9.91. The van der Waals surface area contributed by atoms with Crippen LogP contribution in [0.5, 0.6) is 0 Å². The molecule has 1 saturated heterocycles. The minimum absolute atomic E-state index is 0.133. The highest BCUT2D eigenvalue weighted by molar-refractivity contribution is 7.89. The van der Waals surface area contributed by atoms with E-state index in [9.17, 15) is 13.2 Å². The van der Waals surface area contributed by atoms with Crippen molar-refractivity contribution in [3.63, 3.8) is 0 Å². The molecule has 176 valence electrons. The summed E-state index contributed by atoms with van der Waals surface area (Å²) < 4.78 is 30.6. The molecule has 1 aliphatic rings. The summed E-state index contributed by atoms with van der Waals surface area (Å²) >= 11 is 7.34. The van der Waals surface area contributed by atoms with E-state index >= 15 is 0 Å². The van der Waals surface area contributed by atoms with E-state index in [0.29, 0.717) is 35.3 Å². The van der Waals surface area contributed by atoms with Crippen LogP contribution in [0.15, 0.2) is 82.5 Å². The Morgan fingerprint density at radius 1 is 0.941 bits per heavy atom. The van der Waals surface area contributed by atoms with Gasteiger partial charge in [0.05, 0.1) is 21.7 Å². The number of aromatic nitrogens is 1. The molecule has 5 rings (SSSR count). The summed E-state index contributed by atoms with van der Waals surface area (Å²) in [7, 11) is -3.61. The number of benzene rings is 3. The van der Waals surface area contributed by atoms with Crippen LogP contribution in [-0.2, 0) is 23.0 Å². The van der Waals surface area contributed by atoms with E-state index in [-0.39, 0.29) is 9.77 Å². The van der Waals surface area contributed by atoms with Gasteiger partial charge in [0.1, 0.15) is 0 Å². The quantitative estimate of drug-likeness (QED) is 0.347. The van der Waals surface area contributed by atoms with Crippen molar-refractivity contribution < 1.29 is 8.42 Å². The monoisotopic (exact) mass is 512 g/mol. The molecule has 0 aliphatic carbocycles. The highest BCUT2D eigenvalue weighted by Crippen LogP contribution is 2.29. The van der Waals surface area contributed by atoms with Crippen LogP contribution in [-0.4, -0.2) is 30.4 Å². The summed E-state index contributed by atoms with van der Waals surface area (Å²) in [5.74, 6) is 0.486. The van der Waals surface area contributed by atoms with Crippen LogP contribution >= 0.6 is 22.9 Å². The molecule has 4 aromatic rings. The summed E-state index contributed by atoms with van der Waals surface area (Å²) in [4.78, 5) is 12.8. The minimum Gasteiger partial charge on any atom is -0.294 e. The maximum atomic E-state index is 13.4. The normalized spacial score (nSPS) is 15.7. The average molecular weight is 513 g/mol. The number of hydrogen-bond donors (Lipinski definition) is 0. The van der Waals surface area contributed by atoms with Gasteiger partial charge in [-0.05, 0) is 60.6 Å². The largest absolute Gasteiger partial charge is 0.308 e.